The Bertz CT molecular complexity index is 512. The van der Waals surface area contributed by atoms with Gasteiger partial charge in [-0.3, -0.25) is 9.59 Å². The third-order valence-electron chi connectivity index (χ3n) is 5.02. The molecule has 0 saturated heterocycles. The lowest BCUT2D eigenvalue weighted by molar-refractivity contribution is -0.121. The summed E-state index contributed by atoms with van der Waals surface area (Å²) in [6.07, 6.45) is 8.06. The standard InChI is InChI=1S/C16H22N2O3/c1-10(14-7-11-2-3-12(14)6-11)18-15(19)8-17-16(20)13-4-5-21-9-13/h4-5,9-12,14H,2-3,6-8H2,1H3,(H,17,20)(H,18,19). The molecule has 114 valence electrons. The molecule has 0 aliphatic heterocycles. The lowest BCUT2D eigenvalue weighted by Gasteiger charge is -2.28. The fourth-order valence-corrected chi connectivity index (χ4v) is 3.97. The Labute approximate surface area is 124 Å². The Morgan fingerprint density at radius 1 is 1.38 bits per heavy atom. The van der Waals surface area contributed by atoms with Crippen molar-refractivity contribution >= 4 is 11.8 Å². The molecule has 0 radical (unpaired) electrons. The van der Waals surface area contributed by atoms with Crippen molar-refractivity contribution in [3.63, 3.8) is 0 Å². The first-order chi connectivity index (χ1) is 10.1. The highest BCUT2D eigenvalue weighted by Crippen LogP contribution is 2.49. The monoisotopic (exact) mass is 290 g/mol. The van der Waals surface area contributed by atoms with Crippen LogP contribution in [0.2, 0.25) is 0 Å². The number of hydrogen-bond donors (Lipinski definition) is 2. The number of amides is 2. The zero-order valence-corrected chi connectivity index (χ0v) is 12.3. The molecule has 3 rings (SSSR count). The molecule has 2 aliphatic rings. The van der Waals surface area contributed by atoms with Gasteiger partial charge in [0.15, 0.2) is 0 Å². The molecule has 5 nitrogen and oxygen atoms in total. The second kappa shape index (κ2) is 5.92. The first-order valence-electron chi connectivity index (χ1n) is 7.73. The van der Waals surface area contributed by atoms with E-state index in [2.05, 4.69) is 17.6 Å². The topological polar surface area (TPSA) is 71.3 Å². The maximum atomic E-state index is 11.9. The minimum atomic E-state index is -0.286. The number of carbonyl (C=O) groups is 2. The molecule has 2 aliphatic carbocycles. The molecule has 5 heteroatoms. The zero-order valence-electron chi connectivity index (χ0n) is 12.3. The van der Waals surface area contributed by atoms with Crippen LogP contribution in [0.3, 0.4) is 0 Å². The third-order valence-corrected chi connectivity index (χ3v) is 5.02. The number of fused-ring (bicyclic) bond motifs is 2. The minimum absolute atomic E-state index is 0.00910. The summed E-state index contributed by atoms with van der Waals surface area (Å²) < 4.78 is 4.84. The van der Waals surface area contributed by atoms with Gasteiger partial charge in [-0.1, -0.05) is 6.42 Å². The molecule has 1 aromatic rings. The number of carbonyl (C=O) groups excluding carboxylic acids is 2. The molecule has 1 aromatic heterocycles. The van der Waals surface area contributed by atoms with Gasteiger partial charge in [0, 0.05) is 6.04 Å². The van der Waals surface area contributed by atoms with Crippen molar-refractivity contribution in [3.8, 4) is 0 Å². The average Bonchev–Trinajstić information content (AvgIpc) is 3.20. The second-order valence-electron chi connectivity index (χ2n) is 6.39. The summed E-state index contributed by atoms with van der Waals surface area (Å²) in [5.74, 6) is 1.86. The van der Waals surface area contributed by atoms with Crippen LogP contribution in [0, 0.1) is 17.8 Å². The summed E-state index contributed by atoms with van der Waals surface area (Å²) in [7, 11) is 0. The molecule has 2 N–H and O–H groups in total. The van der Waals surface area contributed by atoms with Gasteiger partial charge in [-0.2, -0.15) is 0 Å². The zero-order chi connectivity index (χ0) is 14.8. The summed E-state index contributed by atoms with van der Waals surface area (Å²) >= 11 is 0. The van der Waals surface area contributed by atoms with Gasteiger partial charge < -0.3 is 15.1 Å². The molecule has 4 atom stereocenters. The Morgan fingerprint density at radius 2 is 2.24 bits per heavy atom. The second-order valence-corrected chi connectivity index (χ2v) is 6.39. The van der Waals surface area contributed by atoms with Crippen molar-refractivity contribution in [2.24, 2.45) is 17.8 Å². The predicted octanol–water partition coefficient (Wildman–Crippen LogP) is 1.95. The van der Waals surface area contributed by atoms with Crippen LogP contribution in [0.1, 0.15) is 43.0 Å². The van der Waals surface area contributed by atoms with Crippen LogP contribution in [0.4, 0.5) is 0 Å². The van der Waals surface area contributed by atoms with E-state index in [1.807, 2.05) is 0 Å². The van der Waals surface area contributed by atoms with E-state index in [0.29, 0.717) is 11.5 Å². The molecular weight excluding hydrogens is 268 g/mol. The Balaban J connectivity index is 1.43. The van der Waals surface area contributed by atoms with Gasteiger partial charge in [0.25, 0.3) is 5.91 Å². The van der Waals surface area contributed by atoms with Gasteiger partial charge in [-0.25, -0.2) is 0 Å². The fraction of sp³-hybridized carbons (Fsp3) is 0.625. The van der Waals surface area contributed by atoms with Gasteiger partial charge in [0.2, 0.25) is 5.91 Å². The van der Waals surface area contributed by atoms with Crippen molar-refractivity contribution in [2.45, 2.75) is 38.6 Å². The first-order valence-corrected chi connectivity index (χ1v) is 7.73. The molecule has 1 heterocycles. The smallest absolute Gasteiger partial charge is 0.254 e. The van der Waals surface area contributed by atoms with E-state index in [9.17, 15) is 9.59 Å². The minimum Gasteiger partial charge on any atom is -0.472 e. The molecule has 2 fully saturated rings. The highest BCUT2D eigenvalue weighted by atomic mass is 16.3. The molecule has 2 amide bonds. The Hall–Kier alpha value is -1.78. The largest absolute Gasteiger partial charge is 0.472 e. The summed E-state index contributed by atoms with van der Waals surface area (Å²) in [4.78, 5) is 23.6. The van der Waals surface area contributed by atoms with Crippen LogP contribution in [0.15, 0.2) is 23.0 Å². The van der Waals surface area contributed by atoms with Gasteiger partial charge >= 0.3 is 0 Å². The SMILES string of the molecule is CC(NC(=O)CNC(=O)c1ccoc1)C1CC2CCC1C2. The van der Waals surface area contributed by atoms with E-state index in [0.717, 1.165) is 11.8 Å². The van der Waals surface area contributed by atoms with E-state index in [4.69, 9.17) is 4.42 Å². The molecule has 21 heavy (non-hydrogen) atoms. The van der Waals surface area contributed by atoms with Crippen molar-refractivity contribution in [1.29, 1.82) is 0 Å². The summed E-state index contributed by atoms with van der Waals surface area (Å²) in [6.45, 7) is 2.09. The van der Waals surface area contributed by atoms with Crippen molar-refractivity contribution < 1.29 is 14.0 Å². The highest BCUT2D eigenvalue weighted by Gasteiger charge is 2.42. The summed E-state index contributed by atoms with van der Waals surface area (Å²) in [5, 5.41) is 5.63. The lowest BCUT2D eigenvalue weighted by atomic mass is 9.84. The van der Waals surface area contributed by atoms with Gasteiger partial charge in [-0.15, -0.1) is 0 Å². The number of rotatable bonds is 5. The molecular formula is C16H22N2O3. The van der Waals surface area contributed by atoms with E-state index in [1.54, 1.807) is 6.07 Å². The van der Waals surface area contributed by atoms with Crippen LogP contribution < -0.4 is 10.6 Å². The van der Waals surface area contributed by atoms with Crippen LogP contribution in [-0.4, -0.2) is 24.4 Å². The number of hydrogen-bond acceptors (Lipinski definition) is 3. The van der Waals surface area contributed by atoms with Crippen LogP contribution in [0.25, 0.3) is 0 Å². The first kappa shape index (κ1) is 14.2. The summed E-state index contributed by atoms with van der Waals surface area (Å²) in [6, 6.07) is 1.77. The third kappa shape index (κ3) is 3.12. The van der Waals surface area contributed by atoms with Crippen LogP contribution in [0.5, 0.6) is 0 Å². The van der Waals surface area contributed by atoms with E-state index in [-0.39, 0.29) is 24.4 Å². The predicted molar refractivity (Wildman–Crippen MR) is 77.6 cm³/mol. The van der Waals surface area contributed by atoms with Gasteiger partial charge in [0.1, 0.15) is 6.26 Å². The van der Waals surface area contributed by atoms with Crippen LogP contribution >= 0.6 is 0 Å². The lowest BCUT2D eigenvalue weighted by Crippen LogP contribution is -2.44. The summed E-state index contributed by atoms with van der Waals surface area (Å²) in [5.41, 5.74) is 0.434. The molecule has 2 bridgehead atoms. The number of nitrogens with one attached hydrogen (secondary N) is 2. The number of furan rings is 1. The van der Waals surface area contributed by atoms with Crippen LogP contribution in [-0.2, 0) is 4.79 Å². The average molecular weight is 290 g/mol. The maximum Gasteiger partial charge on any atom is 0.254 e. The Morgan fingerprint density at radius 3 is 2.86 bits per heavy atom. The Kier molecular flexibility index (Phi) is 3.99. The highest BCUT2D eigenvalue weighted by molar-refractivity contribution is 5.96. The molecule has 0 aromatic carbocycles. The van der Waals surface area contributed by atoms with Crippen molar-refractivity contribution in [1.82, 2.24) is 10.6 Å². The molecule has 0 spiro atoms. The van der Waals surface area contributed by atoms with Crippen molar-refractivity contribution in [3.05, 3.63) is 24.2 Å². The molecule has 2 saturated carbocycles. The maximum absolute atomic E-state index is 11.9. The van der Waals surface area contributed by atoms with Gasteiger partial charge in [0.05, 0.1) is 18.4 Å². The van der Waals surface area contributed by atoms with E-state index >= 15 is 0 Å². The van der Waals surface area contributed by atoms with Crippen molar-refractivity contribution in [2.75, 3.05) is 6.54 Å². The fourth-order valence-electron chi connectivity index (χ4n) is 3.97. The molecule has 4 unspecified atom stereocenters. The van der Waals surface area contributed by atoms with E-state index < -0.39 is 0 Å². The van der Waals surface area contributed by atoms with Gasteiger partial charge in [-0.05, 0) is 50.0 Å². The quantitative estimate of drug-likeness (QED) is 0.870. The normalized spacial score (nSPS) is 28.3. The van der Waals surface area contributed by atoms with E-state index in [1.165, 1.54) is 38.2 Å².